The zero-order valence-corrected chi connectivity index (χ0v) is 10.6. The molecule has 2 aromatic rings. The van der Waals surface area contributed by atoms with Crippen molar-refractivity contribution in [2.24, 2.45) is 0 Å². The van der Waals surface area contributed by atoms with Crippen LogP contribution in [0.5, 0.6) is 0 Å². The first-order valence-corrected chi connectivity index (χ1v) is 6.09. The van der Waals surface area contributed by atoms with Crippen molar-refractivity contribution in [1.29, 1.82) is 0 Å². The number of carbonyl (C=O) groups excluding carboxylic acids is 1. The van der Waals surface area contributed by atoms with E-state index in [1.807, 2.05) is 13.0 Å². The number of hydrogen-bond donors (Lipinski definition) is 2. The molecule has 0 fully saturated rings. The number of carbonyl (C=O) groups is 1. The van der Waals surface area contributed by atoms with Gasteiger partial charge in [-0.25, -0.2) is 0 Å². The van der Waals surface area contributed by atoms with E-state index >= 15 is 0 Å². The third kappa shape index (κ3) is 3.44. The number of amides is 1. The molecule has 2 N–H and O–H groups in total. The summed E-state index contributed by atoms with van der Waals surface area (Å²) in [7, 11) is 0. The van der Waals surface area contributed by atoms with Gasteiger partial charge in [-0.3, -0.25) is 9.89 Å². The van der Waals surface area contributed by atoms with E-state index in [1.54, 1.807) is 18.2 Å². The highest BCUT2D eigenvalue weighted by Crippen LogP contribution is 2.22. The maximum atomic E-state index is 11.5. The van der Waals surface area contributed by atoms with Crippen molar-refractivity contribution in [3.05, 3.63) is 39.2 Å². The fraction of sp³-hybridized carbons (Fsp3) is 0.0909. The van der Waals surface area contributed by atoms with Crippen molar-refractivity contribution >= 4 is 40.7 Å². The number of hydrogen-bond acceptors (Lipinski definition) is 3. The molecule has 0 saturated heterocycles. The Balaban J connectivity index is 1.95. The minimum absolute atomic E-state index is 0.221. The van der Waals surface area contributed by atoms with E-state index < -0.39 is 0 Å². The quantitative estimate of drug-likeness (QED) is 0.840. The molecule has 0 spiro atoms. The van der Waals surface area contributed by atoms with Crippen LogP contribution in [0.15, 0.2) is 24.3 Å². The fourth-order valence-corrected chi connectivity index (χ4v) is 2.19. The fourth-order valence-electron chi connectivity index (χ4n) is 1.23. The van der Waals surface area contributed by atoms with Crippen LogP contribution in [0.25, 0.3) is 6.08 Å². The second-order valence-corrected chi connectivity index (χ2v) is 5.15. The van der Waals surface area contributed by atoms with Gasteiger partial charge in [-0.15, -0.1) is 11.3 Å². The number of halogens is 1. The Morgan fingerprint density at radius 1 is 1.59 bits per heavy atom. The number of thiophene rings is 1. The van der Waals surface area contributed by atoms with Gasteiger partial charge in [0.2, 0.25) is 5.91 Å². The predicted octanol–water partition coefficient (Wildman–Crippen LogP) is 3.08. The summed E-state index contributed by atoms with van der Waals surface area (Å²) in [5, 5.41) is 9.30. The standard InChI is InChI=1S/C11H10ClN3OS/c1-7-6-10(15-14-7)13-11(16)5-3-8-2-4-9(12)17-8/h2-6H,1H3,(H2,13,14,15,16)/b5-3+. The van der Waals surface area contributed by atoms with E-state index in [-0.39, 0.29) is 5.91 Å². The second kappa shape index (κ2) is 5.16. The van der Waals surface area contributed by atoms with Crippen LogP contribution in [0, 0.1) is 6.92 Å². The number of H-pyrrole nitrogens is 1. The molecule has 0 aromatic carbocycles. The van der Waals surface area contributed by atoms with Crippen molar-refractivity contribution < 1.29 is 4.79 Å². The Bertz CT molecular complexity index is 559. The Morgan fingerprint density at radius 3 is 3.00 bits per heavy atom. The zero-order chi connectivity index (χ0) is 12.3. The van der Waals surface area contributed by atoms with E-state index in [9.17, 15) is 4.79 Å². The van der Waals surface area contributed by atoms with Crippen LogP contribution in [-0.2, 0) is 4.79 Å². The summed E-state index contributed by atoms with van der Waals surface area (Å²) >= 11 is 7.20. The van der Waals surface area contributed by atoms with Crippen molar-refractivity contribution in [3.63, 3.8) is 0 Å². The van der Waals surface area contributed by atoms with E-state index in [0.717, 1.165) is 10.6 Å². The van der Waals surface area contributed by atoms with E-state index in [1.165, 1.54) is 17.4 Å². The van der Waals surface area contributed by atoms with Gasteiger partial charge in [0, 0.05) is 22.7 Å². The van der Waals surface area contributed by atoms with Gasteiger partial charge >= 0.3 is 0 Å². The molecule has 0 aliphatic heterocycles. The van der Waals surface area contributed by atoms with Gasteiger partial charge in [-0.05, 0) is 25.1 Å². The highest BCUT2D eigenvalue weighted by molar-refractivity contribution is 7.17. The molecule has 0 radical (unpaired) electrons. The Hall–Kier alpha value is -1.59. The molecule has 0 bridgehead atoms. The lowest BCUT2D eigenvalue weighted by Gasteiger charge is -1.94. The molecule has 2 rings (SSSR count). The maximum Gasteiger partial charge on any atom is 0.249 e. The van der Waals surface area contributed by atoms with Crippen LogP contribution in [0.2, 0.25) is 4.34 Å². The van der Waals surface area contributed by atoms with E-state index in [2.05, 4.69) is 15.5 Å². The lowest BCUT2D eigenvalue weighted by atomic mass is 10.4. The number of rotatable bonds is 3. The monoisotopic (exact) mass is 267 g/mol. The molecule has 88 valence electrons. The molecule has 2 heterocycles. The molecule has 1 amide bonds. The van der Waals surface area contributed by atoms with Crippen molar-refractivity contribution in [2.75, 3.05) is 5.32 Å². The molecule has 0 aliphatic carbocycles. The third-order valence-electron chi connectivity index (χ3n) is 1.95. The smallest absolute Gasteiger partial charge is 0.249 e. The molecule has 4 nitrogen and oxygen atoms in total. The molecule has 17 heavy (non-hydrogen) atoms. The van der Waals surface area contributed by atoms with E-state index in [4.69, 9.17) is 11.6 Å². The normalized spacial score (nSPS) is 10.9. The average Bonchev–Trinajstić information content (AvgIpc) is 2.85. The van der Waals surface area contributed by atoms with Crippen molar-refractivity contribution in [1.82, 2.24) is 10.2 Å². The summed E-state index contributed by atoms with van der Waals surface area (Å²) in [6.45, 7) is 1.87. The van der Waals surface area contributed by atoms with Gasteiger partial charge in [0.25, 0.3) is 0 Å². The highest BCUT2D eigenvalue weighted by atomic mass is 35.5. The summed E-state index contributed by atoms with van der Waals surface area (Å²) in [5.74, 6) is 0.294. The van der Waals surface area contributed by atoms with Gasteiger partial charge in [-0.2, -0.15) is 5.10 Å². The minimum atomic E-state index is -0.221. The topological polar surface area (TPSA) is 57.8 Å². The molecule has 0 atom stereocenters. The molecular formula is C11H10ClN3OS. The largest absolute Gasteiger partial charge is 0.306 e. The van der Waals surface area contributed by atoms with Gasteiger partial charge in [0.05, 0.1) is 4.34 Å². The number of nitrogens with one attached hydrogen (secondary N) is 2. The summed E-state index contributed by atoms with van der Waals surface area (Å²) in [6.07, 6.45) is 3.16. The van der Waals surface area contributed by atoms with Crippen molar-refractivity contribution in [2.45, 2.75) is 6.92 Å². The van der Waals surface area contributed by atoms with Crippen LogP contribution in [0.4, 0.5) is 5.82 Å². The number of aryl methyl sites for hydroxylation is 1. The number of anilines is 1. The molecular weight excluding hydrogens is 258 g/mol. The minimum Gasteiger partial charge on any atom is -0.306 e. The Morgan fingerprint density at radius 2 is 2.41 bits per heavy atom. The Labute approximate surface area is 107 Å². The first-order valence-electron chi connectivity index (χ1n) is 4.90. The van der Waals surface area contributed by atoms with E-state index in [0.29, 0.717) is 10.2 Å². The lowest BCUT2D eigenvalue weighted by molar-refractivity contribution is -0.111. The average molecular weight is 268 g/mol. The van der Waals surface area contributed by atoms with Crippen LogP contribution in [-0.4, -0.2) is 16.1 Å². The molecule has 0 aliphatic rings. The SMILES string of the molecule is Cc1cc(NC(=O)/C=C/c2ccc(Cl)s2)n[nH]1. The molecule has 2 aromatic heterocycles. The van der Waals surface area contributed by atoms with Gasteiger partial charge < -0.3 is 5.32 Å². The first-order chi connectivity index (χ1) is 8.13. The second-order valence-electron chi connectivity index (χ2n) is 3.40. The van der Waals surface area contributed by atoms with Gasteiger partial charge in [-0.1, -0.05) is 11.6 Å². The third-order valence-corrected chi connectivity index (χ3v) is 3.15. The van der Waals surface area contributed by atoms with Crippen LogP contribution in [0.3, 0.4) is 0 Å². The first kappa shape index (κ1) is 11.9. The molecule has 0 saturated carbocycles. The van der Waals surface area contributed by atoms with Crippen LogP contribution in [0.1, 0.15) is 10.6 Å². The predicted molar refractivity (Wildman–Crippen MR) is 70.3 cm³/mol. The highest BCUT2D eigenvalue weighted by Gasteiger charge is 2.01. The summed E-state index contributed by atoms with van der Waals surface area (Å²) in [5.41, 5.74) is 0.898. The Kier molecular flexibility index (Phi) is 3.61. The lowest BCUT2D eigenvalue weighted by Crippen LogP contribution is -2.07. The summed E-state index contributed by atoms with van der Waals surface area (Å²) in [4.78, 5) is 12.5. The van der Waals surface area contributed by atoms with Gasteiger partial charge in [0.15, 0.2) is 5.82 Å². The van der Waals surface area contributed by atoms with Gasteiger partial charge in [0.1, 0.15) is 0 Å². The summed E-state index contributed by atoms with van der Waals surface area (Å²) < 4.78 is 0.702. The van der Waals surface area contributed by atoms with Crippen LogP contribution >= 0.6 is 22.9 Å². The number of nitrogens with zero attached hydrogens (tertiary/aromatic N) is 1. The number of aromatic nitrogens is 2. The maximum absolute atomic E-state index is 11.5. The van der Waals surface area contributed by atoms with Crippen molar-refractivity contribution in [3.8, 4) is 0 Å². The number of aromatic amines is 1. The zero-order valence-electron chi connectivity index (χ0n) is 9.03. The molecule has 0 unspecified atom stereocenters. The summed E-state index contributed by atoms with van der Waals surface area (Å²) in [6, 6.07) is 5.41. The molecule has 6 heteroatoms. The van der Waals surface area contributed by atoms with Crippen LogP contribution < -0.4 is 5.32 Å².